The SMILES string of the molecule is CCOC(=O)c1ccc(-n2nc(C(F)(F)F)cc2-c2ccco2)cc1. The number of halogens is 3. The number of carbonyl (C=O) groups is 1. The molecule has 0 atom stereocenters. The molecule has 0 saturated heterocycles. The van der Waals surface area contributed by atoms with Crippen LogP contribution in [0.1, 0.15) is 23.0 Å². The molecule has 25 heavy (non-hydrogen) atoms. The third-order valence-corrected chi connectivity index (χ3v) is 3.40. The summed E-state index contributed by atoms with van der Waals surface area (Å²) >= 11 is 0. The largest absolute Gasteiger partial charge is 0.463 e. The molecule has 0 spiro atoms. The van der Waals surface area contributed by atoms with Crippen molar-refractivity contribution in [3.63, 3.8) is 0 Å². The third-order valence-electron chi connectivity index (χ3n) is 3.40. The van der Waals surface area contributed by atoms with Crippen molar-refractivity contribution in [2.24, 2.45) is 0 Å². The predicted octanol–water partition coefficient (Wildman–Crippen LogP) is 4.33. The Bertz CT molecular complexity index is 866. The van der Waals surface area contributed by atoms with E-state index in [2.05, 4.69) is 5.10 Å². The maximum absolute atomic E-state index is 13.0. The van der Waals surface area contributed by atoms with Crippen LogP contribution in [-0.4, -0.2) is 22.4 Å². The van der Waals surface area contributed by atoms with Gasteiger partial charge in [-0.2, -0.15) is 18.3 Å². The van der Waals surface area contributed by atoms with Gasteiger partial charge in [0.1, 0.15) is 5.69 Å². The average molecular weight is 350 g/mol. The van der Waals surface area contributed by atoms with E-state index in [1.807, 2.05) is 0 Å². The van der Waals surface area contributed by atoms with Crippen LogP contribution in [0, 0.1) is 0 Å². The molecule has 0 radical (unpaired) electrons. The molecular formula is C17H13F3N2O3. The predicted molar refractivity (Wildman–Crippen MR) is 82.2 cm³/mol. The zero-order valence-electron chi connectivity index (χ0n) is 13.1. The Morgan fingerprint density at radius 2 is 1.96 bits per heavy atom. The second kappa shape index (κ2) is 6.46. The van der Waals surface area contributed by atoms with Crippen LogP contribution in [0.3, 0.4) is 0 Å². The van der Waals surface area contributed by atoms with Crippen LogP contribution in [0.2, 0.25) is 0 Å². The number of nitrogens with zero attached hydrogens (tertiary/aromatic N) is 2. The number of esters is 1. The molecule has 0 N–H and O–H groups in total. The fourth-order valence-corrected chi connectivity index (χ4v) is 2.27. The summed E-state index contributed by atoms with van der Waals surface area (Å²) in [5.74, 6) is -0.255. The monoisotopic (exact) mass is 350 g/mol. The summed E-state index contributed by atoms with van der Waals surface area (Å²) in [6.45, 7) is 1.92. The Kier molecular flexibility index (Phi) is 4.35. The van der Waals surface area contributed by atoms with E-state index in [-0.39, 0.29) is 18.1 Å². The molecule has 0 fully saturated rings. The van der Waals surface area contributed by atoms with Gasteiger partial charge in [0.15, 0.2) is 11.5 Å². The lowest BCUT2D eigenvalue weighted by atomic mass is 10.2. The highest BCUT2D eigenvalue weighted by molar-refractivity contribution is 5.89. The van der Waals surface area contributed by atoms with E-state index in [0.29, 0.717) is 11.3 Å². The Hall–Kier alpha value is -3.03. The zero-order chi connectivity index (χ0) is 18.0. The summed E-state index contributed by atoms with van der Waals surface area (Å²) < 4.78 is 50.3. The minimum Gasteiger partial charge on any atom is -0.463 e. The van der Waals surface area contributed by atoms with Crippen LogP contribution in [0.25, 0.3) is 17.1 Å². The van der Waals surface area contributed by atoms with Crippen LogP contribution >= 0.6 is 0 Å². The summed E-state index contributed by atoms with van der Waals surface area (Å²) in [4.78, 5) is 11.7. The topological polar surface area (TPSA) is 57.3 Å². The molecule has 0 aliphatic heterocycles. The van der Waals surface area contributed by atoms with Gasteiger partial charge in [-0.05, 0) is 43.3 Å². The van der Waals surface area contributed by atoms with E-state index in [9.17, 15) is 18.0 Å². The van der Waals surface area contributed by atoms with Gasteiger partial charge in [0.2, 0.25) is 0 Å². The quantitative estimate of drug-likeness (QED) is 0.657. The minimum atomic E-state index is -4.59. The van der Waals surface area contributed by atoms with Crippen LogP contribution < -0.4 is 0 Å². The summed E-state index contributed by atoms with van der Waals surface area (Å²) in [6.07, 6.45) is -3.22. The highest BCUT2D eigenvalue weighted by Crippen LogP contribution is 2.33. The van der Waals surface area contributed by atoms with Gasteiger partial charge in [-0.1, -0.05) is 0 Å². The maximum Gasteiger partial charge on any atom is 0.435 e. The van der Waals surface area contributed by atoms with Gasteiger partial charge in [0.25, 0.3) is 0 Å². The lowest BCUT2D eigenvalue weighted by Gasteiger charge is -2.07. The molecule has 2 aromatic heterocycles. The molecule has 0 saturated carbocycles. The van der Waals surface area contributed by atoms with Crippen molar-refractivity contribution in [2.75, 3.05) is 6.61 Å². The molecule has 3 aromatic rings. The van der Waals surface area contributed by atoms with Gasteiger partial charge in [-0.15, -0.1) is 0 Å². The Labute approximate surface area is 140 Å². The van der Waals surface area contributed by atoms with Gasteiger partial charge < -0.3 is 9.15 Å². The highest BCUT2D eigenvalue weighted by Gasteiger charge is 2.35. The van der Waals surface area contributed by atoms with Crippen molar-refractivity contribution in [2.45, 2.75) is 13.1 Å². The summed E-state index contributed by atoms with van der Waals surface area (Å²) in [5, 5.41) is 3.63. The molecule has 0 unspecified atom stereocenters. The van der Waals surface area contributed by atoms with Crippen LogP contribution in [0.5, 0.6) is 0 Å². The van der Waals surface area contributed by atoms with Gasteiger partial charge in [-0.25, -0.2) is 9.48 Å². The number of carbonyl (C=O) groups excluding carboxylic acids is 1. The van der Waals surface area contributed by atoms with E-state index >= 15 is 0 Å². The first kappa shape index (κ1) is 16.8. The highest BCUT2D eigenvalue weighted by atomic mass is 19.4. The number of benzene rings is 1. The van der Waals surface area contributed by atoms with Crippen molar-refractivity contribution < 1.29 is 27.1 Å². The molecule has 2 heterocycles. The molecule has 0 bridgehead atoms. The normalized spacial score (nSPS) is 11.5. The van der Waals surface area contributed by atoms with Crippen molar-refractivity contribution in [1.29, 1.82) is 0 Å². The lowest BCUT2D eigenvalue weighted by Crippen LogP contribution is -2.08. The Balaban J connectivity index is 2.04. The maximum atomic E-state index is 13.0. The molecule has 3 rings (SSSR count). The van der Waals surface area contributed by atoms with Crippen LogP contribution in [0.15, 0.2) is 53.1 Å². The number of hydrogen-bond donors (Lipinski definition) is 0. The summed E-state index contributed by atoms with van der Waals surface area (Å²) in [5.41, 5.74) is -0.224. The Morgan fingerprint density at radius 3 is 2.52 bits per heavy atom. The van der Waals surface area contributed by atoms with E-state index in [4.69, 9.17) is 9.15 Å². The second-order valence-electron chi connectivity index (χ2n) is 5.07. The van der Waals surface area contributed by atoms with Gasteiger partial charge >= 0.3 is 12.1 Å². The number of hydrogen-bond acceptors (Lipinski definition) is 4. The standard InChI is InChI=1S/C17H13F3N2O3/c1-2-24-16(23)11-5-7-12(8-6-11)22-13(14-4-3-9-25-14)10-15(21-22)17(18,19)20/h3-10H,2H2,1H3. The number of aromatic nitrogens is 2. The van der Waals surface area contributed by atoms with Crippen molar-refractivity contribution in [1.82, 2.24) is 9.78 Å². The first-order valence-corrected chi connectivity index (χ1v) is 7.39. The molecular weight excluding hydrogens is 337 g/mol. The summed E-state index contributed by atoms with van der Waals surface area (Å²) in [6, 6.07) is 9.95. The number of rotatable bonds is 4. The molecule has 1 aromatic carbocycles. The first-order valence-electron chi connectivity index (χ1n) is 7.39. The number of ether oxygens (including phenoxy) is 1. The van der Waals surface area contributed by atoms with Crippen LogP contribution in [-0.2, 0) is 10.9 Å². The fraction of sp³-hybridized carbons (Fsp3) is 0.176. The minimum absolute atomic E-state index is 0.154. The molecule has 130 valence electrons. The Morgan fingerprint density at radius 1 is 1.24 bits per heavy atom. The lowest BCUT2D eigenvalue weighted by molar-refractivity contribution is -0.141. The van der Waals surface area contributed by atoms with E-state index < -0.39 is 17.8 Å². The molecule has 8 heteroatoms. The fourth-order valence-electron chi connectivity index (χ4n) is 2.27. The second-order valence-corrected chi connectivity index (χ2v) is 5.07. The molecule has 0 amide bonds. The number of furan rings is 1. The number of alkyl halides is 3. The third kappa shape index (κ3) is 3.42. The van der Waals surface area contributed by atoms with E-state index in [1.165, 1.54) is 30.5 Å². The molecule has 5 nitrogen and oxygen atoms in total. The van der Waals surface area contributed by atoms with Gasteiger partial charge in [0.05, 0.1) is 24.1 Å². The van der Waals surface area contributed by atoms with Gasteiger partial charge in [0, 0.05) is 6.07 Å². The van der Waals surface area contributed by atoms with Crippen molar-refractivity contribution >= 4 is 5.97 Å². The molecule has 0 aliphatic carbocycles. The molecule has 0 aliphatic rings. The summed E-state index contributed by atoms with van der Waals surface area (Å²) in [7, 11) is 0. The van der Waals surface area contributed by atoms with E-state index in [0.717, 1.165) is 10.7 Å². The van der Waals surface area contributed by atoms with Crippen molar-refractivity contribution in [3.05, 3.63) is 60.0 Å². The van der Waals surface area contributed by atoms with Crippen molar-refractivity contribution in [3.8, 4) is 17.1 Å². The van der Waals surface area contributed by atoms with Gasteiger partial charge in [-0.3, -0.25) is 0 Å². The average Bonchev–Trinajstić information content (AvgIpc) is 3.24. The van der Waals surface area contributed by atoms with E-state index in [1.54, 1.807) is 19.1 Å². The van der Waals surface area contributed by atoms with Crippen LogP contribution in [0.4, 0.5) is 13.2 Å². The zero-order valence-corrected chi connectivity index (χ0v) is 13.1. The smallest absolute Gasteiger partial charge is 0.435 e. The first-order chi connectivity index (χ1) is 11.9.